The molecule has 0 bridgehead atoms. The third-order valence-electron chi connectivity index (χ3n) is 4.01. The summed E-state index contributed by atoms with van der Waals surface area (Å²) < 4.78 is 16.5. The van der Waals surface area contributed by atoms with Crippen LogP contribution in [0.25, 0.3) is 5.69 Å². The Balaban J connectivity index is 1.41. The van der Waals surface area contributed by atoms with Crippen LogP contribution >= 0.6 is 0 Å². The predicted molar refractivity (Wildman–Crippen MR) is 86.4 cm³/mol. The smallest absolute Gasteiger partial charge is 0.231 e. The monoisotopic (exact) mass is 325 g/mol. The average molecular weight is 325 g/mol. The van der Waals surface area contributed by atoms with E-state index in [2.05, 4.69) is 15.5 Å². The molecule has 0 saturated carbocycles. The first-order valence-electron chi connectivity index (χ1n) is 7.84. The van der Waals surface area contributed by atoms with Gasteiger partial charge in [-0.25, -0.2) is 9.07 Å². The first-order chi connectivity index (χ1) is 11.7. The first kappa shape index (κ1) is 14.6. The van der Waals surface area contributed by atoms with Gasteiger partial charge in [0.25, 0.3) is 0 Å². The summed E-state index contributed by atoms with van der Waals surface area (Å²) in [6.07, 6.45) is 4.03. The lowest BCUT2D eigenvalue weighted by atomic mass is 10.3. The molecule has 0 spiro atoms. The van der Waals surface area contributed by atoms with E-state index in [9.17, 15) is 9.18 Å². The maximum absolute atomic E-state index is 13.0. The quantitative estimate of drug-likeness (QED) is 0.801. The Labute approximate surface area is 137 Å². The molecule has 6 nitrogen and oxygen atoms in total. The lowest BCUT2D eigenvalue weighted by Gasteiger charge is -2.02. The van der Waals surface area contributed by atoms with E-state index in [0.717, 1.165) is 30.8 Å². The summed E-state index contributed by atoms with van der Waals surface area (Å²) in [4.78, 5) is 12.1. The predicted octanol–water partition coefficient (Wildman–Crippen LogP) is 2.34. The fourth-order valence-corrected chi connectivity index (χ4v) is 2.87. The zero-order chi connectivity index (χ0) is 16.5. The molecule has 1 amide bonds. The number of benzene rings is 1. The molecule has 2 aromatic heterocycles. The van der Waals surface area contributed by atoms with Crippen LogP contribution in [0, 0.1) is 5.82 Å². The van der Waals surface area contributed by atoms with Gasteiger partial charge in [0.2, 0.25) is 5.91 Å². The number of carbonyl (C=O) groups is 1. The van der Waals surface area contributed by atoms with Crippen LogP contribution in [0.3, 0.4) is 0 Å². The number of fused-ring (bicyclic) bond motifs is 1. The van der Waals surface area contributed by atoms with E-state index in [-0.39, 0.29) is 18.1 Å². The molecule has 1 N–H and O–H groups in total. The lowest BCUT2D eigenvalue weighted by molar-refractivity contribution is -0.115. The Kier molecular flexibility index (Phi) is 3.60. The standard InChI is InChI=1S/C17H16FN5O/c18-12-3-5-14(6-4-12)23-9-7-13(20-23)10-17(24)19-16-11-15-2-1-8-22(15)21-16/h3-7,9,11H,1-2,8,10H2,(H,19,21,24). The van der Waals surface area contributed by atoms with E-state index in [1.54, 1.807) is 29.1 Å². The van der Waals surface area contributed by atoms with Crippen LogP contribution < -0.4 is 5.32 Å². The number of hydrogen-bond donors (Lipinski definition) is 1. The molecule has 0 radical (unpaired) electrons. The average Bonchev–Trinajstić information content (AvgIpc) is 3.24. The molecular weight excluding hydrogens is 309 g/mol. The highest BCUT2D eigenvalue weighted by atomic mass is 19.1. The molecule has 1 aliphatic heterocycles. The molecule has 0 atom stereocenters. The fourth-order valence-electron chi connectivity index (χ4n) is 2.87. The minimum absolute atomic E-state index is 0.156. The molecular formula is C17H16FN5O. The topological polar surface area (TPSA) is 64.7 Å². The van der Waals surface area contributed by atoms with Crippen LogP contribution in [0.15, 0.2) is 42.6 Å². The van der Waals surface area contributed by atoms with Crippen LogP contribution in [0.4, 0.5) is 10.2 Å². The van der Waals surface area contributed by atoms with Gasteiger partial charge in [-0.3, -0.25) is 9.48 Å². The fraction of sp³-hybridized carbons (Fsp3) is 0.235. The van der Waals surface area contributed by atoms with E-state index >= 15 is 0 Å². The number of rotatable bonds is 4. The molecule has 24 heavy (non-hydrogen) atoms. The van der Waals surface area contributed by atoms with Crippen LogP contribution in [-0.2, 0) is 24.2 Å². The molecule has 122 valence electrons. The molecule has 4 rings (SSSR count). The van der Waals surface area contributed by atoms with Crippen molar-refractivity contribution in [2.75, 3.05) is 5.32 Å². The van der Waals surface area contributed by atoms with E-state index in [1.807, 2.05) is 10.7 Å². The van der Waals surface area contributed by atoms with E-state index in [4.69, 9.17) is 0 Å². The summed E-state index contributed by atoms with van der Waals surface area (Å²) in [5.41, 5.74) is 2.54. The SMILES string of the molecule is O=C(Cc1ccn(-c2ccc(F)cc2)n1)Nc1cc2n(n1)CCC2. The van der Waals surface area contributed by atoms with Crippen molar-refractivity contribution < 1.29 is 9.18 Å². The van der Waals surface area contributed by atoms with Gasteiger partial charge in [0, 0.05) is 24.5 Å². The Bertz CT molecular complexity index is 859. The number of anilines is 1. The van der Waals surface area contributed by atoms with Crippen LogP contribution in [0.2, 0.25) is 0 Å². The van der Waals surface area contributed by atoms with Gasteiger partial charge in [-0.1, -0.05) is 0 Å². The molecule has 0 unspecified atom stereocenters. The van der Waals surface area contributed by atoms with Gasteiger partial charge in [-0.05, 0) is 43.2 Å². The second-order valence-electron chi connectivity index (χ2n) is 5.80. The van der Waals surface area contributed by atoms with Crippen molar-refractivity contribution >= 4 is 11.7 Å². The van der Waals surface area contributed by atoms with Crippen molar-refractivity contribution in [1.82, 2.24) is 19.6 Å². The highest BCUT2D eigenvalue weighted by Crippen LogP contribution is 2.18. The third-order valence-corrected chi connectivity index (χ3v) is 4.01. The number of nitrogens with zero attached hydrogens (tertiary/aromatic N) is 4. The van der Waals surface area contributed by atoms with Crippen LogP contribution in [0.5, 0.6) is 0 Å². The molecule has 0 aliphatic carbocycles. The maximum Gasteiger partial charge on any atom is 0.231 e. The summed E-state index contributed by atoms with van der Waals surface area (Å²) in [6.45, 7) is 0.910. The Morgan fingerprint density at radius 1 is 1.21 bits per heavy atom. The molecule has 0 saturated heterocycles. The largest absolute Gasteiger partial charge is 0.309 e. The minimum Gasteiger partial charge on any atom is -0.309 e. The number of hydrogen-bond acceptors (Lipinski definition) is 3. The summed E-state index contributed by atoms with van der Waals surface area (Å²) in [5, 5.41) is 11.5. The van der Waals surface area contributed by atoms with Crippen LogP contribution in [0.1, 0.15) is 17.8 Å². The van der Waals surface area contributed by atoms with Crippen molar-refractivity contribution in [3.8, 4) is 5.69 Å². The van der Waals surface area contributed by atoms with E-state index < -0.39 is 0 Å². The van der Waals surface area contributed by atoms with Gasteiger partial charge >= 0.3 is 0 Å². The lowest BCUT2D eigenvalue weighted by Crippen LogP contribution is -2.15. The van der Waals surface area contributed by atoms with E-state index in [1.165, 1.54) is 12.1 Å². The van der Waals surface area contributed by atoms with Gasteiger partial charge in [-0.15, -0.1) is 0 Å². The second-order valence-corrected chi connectivity index (χ2v) is 5.80. The van der Waals surface area contributed by atoms with Crippen LogP contribution in [-0.4, -0.2) is 25.5 Å². The summed E-state index contributed by atoms with van der Waals surface area (Å²) in [6, 6.07) is 9.72. The number of carbonyl (C=O) groups excluding carboxylic acids is 1. The van der Waals surface area contributed by atoms with Gasteiger partial charge < -0.3 is 5.32 Å². The Hall–Kier alpha value is -2.96. The molecule has 7 heteroatoms. The highest BCUT2D eigenvalue weighted by molar-refractivity contribution is 5.91. The van der Waals surface area contributed by atoms with Crippen molar-refractivity contribution in [3.05, 3.63) is 59.8 Å². The van der Waals surface area contributed by atoms with Crippen molar-refractivity contribution in [2.45, 2.75) is 25.8 Å². The zero-order valence-electron chi connectivity index (χ0n) is 12.9. The van der Waals surface area contributed by atoms with Gasteiger partial charge in [0.05, 0.1) is 17.8 Å². The highest BCUT2D eigenvalue weighted by Gasteiger charge is 2.15. The number of aryl methyl sites for hydroxylation is 2. The van der Waals surface area contributed by atoms with Gasteiger partial charge in [-0.2, -0.15) is 10.2 Å². The zero-order valence-corrected chi connectivity index (χ0v) is 12.9. The second kappa shape index (κ2) is 5.92. The van der Waals surface area contributed by atoms with Crippen molar-refractivity contribution in [1.29, 1.82) is 0 Å². The normalized spacial score (nSPS) is 13.0. The Morgan fingerprint density at radius 2 is 2.04 bits per heavy atom. The number of halogens is 1. The number of nitrogens with one attached hydrogen (secondary N) is 1. The third kappa shape index (κ3) is 2.92. The molecule has 3 heterocycles. The van der Waals surface area contributed by atoms with Crippen molar-refractivity contribution in [3.63, 3.8) is 0 Å². The summed E-state index contributed by atoms with van der Waals surface area (Å²) >= 11 is 0. The molecule has 1 aromatic carbocycles. The summed E-state index contributed by atoms with van der Waals surface area (Å²) in [5.74, 6) is 0.140. The number of aromatic nitrogens is 4. The van der Waals surface area contributed by atoms with Crippen molar-refractivity contribution in [2.24, 2.45) is 0 Å². The molecule has 3 aromatic rings. The minimum atomic E-state index is -0.294. The molecule has 0 fully saturated rings. The van der Waals surface area contributed by atoms with E-state index in [0.29, 0.717) is 11.5 Å². The Morgan fingerprint density at radius 3 is 2.83 bits per heavy atom. The summed E-state index contributed by atoms with van der Waals surface area (Å²) in [7, 11) is 0. The van der Waals surface area contributed by atoms with Gasteiger partial charge in [0.15, 0.2) is 5.82 Å². The number of amides is 1. The first-order valence-corrected chi connectivity index (χ1v) is 7.84. The molecule has 1 aliphatic rings. The maximum atomic E-state index is 13.0. The van der Waals surface area contributed by atoms with Gasteiger partial charge in [0.1, 0.15) is 5.82 Å².